The Hall–Kier alpha value is -0.540. The van der Waals surface area contributed by atoms with Crippen LogP contribution in [0.4, 0.5) is 5.69 Å². The monoisotopic (exact) mass is 338 g/mol. The van der Waals surface area contributed by atoms with Crippen LogP contribution in [0.5, 0.6) is 0 Å². The van der Waals surface area contributed by atoms with Crippen LogP contribution in [0.1, 0.15) is 46.1 Å². The van der Waals surface area contributed by atoms with Gasteiger partial charge in [0.1, 0.15) is 0 Å². The molecule has 1 saturated carbocycles. The fraction of sp³-hybridized carbons (Fsp3) is 0.647. The zero-order valence-electron chi connectivity index (χ0n) is 13.1. The quantitative estimate of drug-likeness (QED) is 0.783. The van der Waals surface area contributed by atoms with Gasteiger partial charge in [-0.1, -0.05) is 49.7 Å². The number of nitrogens with zero attached hydrogens (tertiary/aromatic N) is 1. The molecular formula is C17H27BrN2. The van der Waals surface area contributed by atoms with Crippen LogP contribution in [0, 0.1) is 5.92 Å². The number of hydrogen-bond acceptors (Lipinski definition) is 2. The fourth-order valence-electron chi connectivity index (χ4n) is 2.49. The summed E-state index contributed by atoms with van der Waals surface area (Å²) in [6.07, 6.45) is 2.69. The van der Waals surface area contributed by atoms with Gasteiger partial charge in [0.15, 0.2) is 0 Å². The molecule has 1 fully saturated rings. The van der Waals surface area contributed by atoms with Crippen LogP contribution >= 0.6 is 15.9 Å². The molecule has 2 nitrogen and oxygen atoms in total. The van der Waals surface area contributed by atoms with E-state index in [0.29, 0.717) is 12.0 Å². The number of hydrogen-bond donors (Lipinski definition) is 1. The Labute approximate surface area is 132 Å². The van der Waals surface area contributed by atoms with Crippen molar-refractivity contribution in [3.63, 3.8) is 0 Å². The Morgan fingerprint density at radius 3 is 2.50 bits per heavy atom. The van der Waals surface area contributed by atoms with Crippen molar-refractivity contribution in [2.75, 3.05) is 11.4 Å². The van der Waals surface area contributed by atoms with Gasteiger partial charge in [-0.3, -0.25) is 0 Å². The molecule has 1 aromatic carbocycles. The molecule has 1 aliphatic carbocycles. The molecule has 2 rings (SSSR count). The van der Waals surface area contributed by atoms with Crippen LogP contribution in [-0.2, 0) is 6.54 Å². The first-order valence-electron chi connectivity index (χ1n) is 7.75. The molecule has 3 heteroatoms. The smallest absolute Gasteiger partial charge is 0.0425 e. The average molecular weight is 339 g/mol. The van der Waals surface area contributed by atoms with Crippen LogP contribution in [-0.4, -0.2) is 18.6 Å². The summed E-state index contributed by atoms with van der Waals surface area (Å²) >= 11 is 3.63. The second kappa shape index (κ2) is 6.95. The highest BCUT2D eigenvalue weighted by atomic mass is 79.9. The van der Waals surface area contributed by atoms with E-state index in [1.165, 1.54) is 28.6 Å². The van der Waals surface area contributed by atoms with Crippen molar-refractivity contribution in [3.8, 4) is 0 Å². The SMILES string of the molecule is CC(C)CN(c1cc(Br)ccc1CNC(C)C)C1CC1. The summed E-state index contributed by atoms with van der Waals surface area (Å²) in [5.41, 5.74) is 2.82. The third kappa shape index (κ3) is 4.49. The average Bonchev–Trinajstić information content (AvgIpc) is 3.18. The molecule has 0 unspecified atom stereocenters. The van der Waals surface area contributed by atoms with Gasteiger partial charge in [0.2, 0.25) is 0 Å². The van der Waals surface area contributed by atoms with E-state index in [9.17, 15) is 0 Å². The second-order valence-corrected chi connectivity index (χ2v) is 7.50. The van der Waals surface area contributed by atoms with E-state index in [2.05, 4.69) is 72.0 Å². The standard InChI is InChI=1S/C17H27BrN2/c1-12(2)11-20(16-7-8-16)17-9-15(18)6-5-14(17)10-19-13(3)4/h5-6,9,12-13,16,19H,7-8,10-11H2,1-4H3. The molecule has 0 saturated heterocycles. The van der Waals surface area contributed by atoms with Crippen molar-refractivity contribution in [1.29, 1.82) is 0 Å². The summed E-state index contributed by atoms with van der Waals surface area (Å²) in [7, 11) is 0. The van der Waals surface area contributed by atoms with E-state index < -0.39 is 0 Å². The summed E-state index contributed by atoms with van der Waals surface area (Å²) in [6, 6.07) is 7.97. The maximum atomic E-state index is 3.63. The van der Waals surface area contributed by atoms with Gasteiger partial charge in [0.05, 0.1) is 0 Å². The zero-order chi connectivity index (χ0) is 14.7. The minimum atomic E-state index is 0.519. The number of rotatable bonds is 7. The summed E-state index contributed by atoms with van der Waals surface area (Å²) in [4.78, 5) is 2.62. The lowest BCUT2D eigenvalue weighted by molar-refractivity contribution is 0.579. The molecule has 20 heavy (non-hydrogen) atoms. The van der Waals surface area contributed by atoms with Gasteiger partial charge in [-0.15, -0.1) is 0 Å². The van der Waals surface area contributed by atoms with Crippen LogP contribution in [0.2, 0.25) is 0 Å². The van der Waals surface area contributed by atoms with Gasteiger partial charge in [0.25, 0.3) is 0 Å². The van der Waals surface area contributed by atoms with Crippen LogP contribution in [0.3, 0.4) is 0 Å². The Bertz CT molecular complexity index is 439. The van der Waals surface area contributed by atoms with E-state index in [1.807, 2.05) is 0 Å². The van der Waals surface area contributed by atoms with Gasteiger partial charge in [0, 0.05) is 35.3 Å². The normalized spacial score (nSPS) is 15.2. The third-order valence-corrected chi connectivity index (χ3v) is 4.10. The van der Waals surface area contributed by atoms with E-state index >= 15 is 0 Å². The summed E-state index contributed by atoms with van der Waals surface area (Å²) in [5, 5.41) is 3.55. The highest BCUT2D eigenvalue weighted by Gasteiger charge is 2.30. The largest absolute Gasteiger partial charge is 0.368 e. The van der Waals surface area contributed by atoms with Gasteiger partial charge in [-0.2, -0.15) is 0 Å². The molecule has 1 aromatic rings. The molecule has 0 amide bonds. The molecular weight excluding hydrogens is 312 g/mol. The molecule has 0 aliphatic heterocycles. The van der Waals surface area contributed by atoms with Gasteiger partial charge >= 0.3 is 0 Å². The molecule has 0 aromatic heterocycles. The van der Waals surface area contributed by atoms with Gasteiger partial charge in [-0.25, -0.2) is 0 Å². The zero-order valence-corrected chi connectivity index (χ0v) is 14.7. The Kier molecular flexibility index (Phi) is 5.50. The van der Waals surface area contributed by atoms with Crippen molar-refractivity contribution in [2.24, 2.45) is 5.92 Å². The third-order valence-electron chi connectivity index (χ3n) is 3.61. The van der Waals surface area contributed by atoms with Gasteiger partial charge < -0.3 is 10.2 Å². The molecule has 0 atom stereocenters. The first-order chi connectivity index (χ1) is 9.47. The van der Waals surface area contributed by atoms with Crippen molar-refractivity contribution >= 4 is 21.6 Å². The molecule has 112 valence electrons. The summed E-state index contributed by atoms with van der Waals surface area (Å²) in [6.45, 7) is 11.1. The fourth-order valence-corrected chi connectivity index (χ4v) is 2.84. The highest BCUT2D eigenvalue weighted by molar-refractivity contribution is 9.10. The van der Waals surface area contributed by atoms with Crippen LogP contribution < -0.4 is 10.2 Å². The lowest BCUT2D eigenvalue weighted by Gasteiger charge is -2.29. The maximum absolute atomic E-state index is 3.63. The topological polar surface area (TPSA) is 15.3 Å². The van der Waals surface area contributed by atoms with Crippen LogP contribution in [0.25, 0.3) is 0 Å². The molecule has 1 aliphatic rings. The summed E-state index contributed by atoms with van der Waals surface area (Å²) in [5.74, 6) is 0.695. The predicted octanol–water partition coefficient (Wildman–Crippen LogP) is 4.57. The number of halogens is 1. The lowest BCUT2D eigenvalue weighted by atomic mass is 10.1. The first kappa shape index (κ1) is 15.8. The van der Waals surface area contributed by atoms with Crippen molar-refractivity contribution in [1.82, 2.24) is 5.32 Å². The Morgan fingerprint density at radius 1 is 1.25 bits per heavy atom. The van der Waals surface area contributed by atoms with Crippen molar-refractivity contribution in [2.45, 2.75) is 59.2 Å². The number of benzene rings is 1. The van der Waals surface area contributed by atoms with Crippen molar-refractivity contribution < 1.29 is 0 Å². The highest BCUT2D eigenvalue weighted by Crippen LogP contribution is 2.35. The lowest BCUT2D eigenvalue weighted by Crippen LogP contribution is -2.32. The van der Waals surface area contributed by atoms with Crippen LogP contribution in [0.15, 0.2) is 22.7 Å². The maximum Gasteiger partial charge on any atom is 0.0425 e. The Balaban J connectivity index is 2.23. The molecule has 0 bridgehead atoms. The molecule has 1 N–H and O–H groups in total. The molecule has 0 radical (unpaired) electrons. The molecule has 0 spiro atoms. The van der Waals surface area contributed by atoms with E-state index in [0.717, 1.165) is 19.1 Å². The molecule has 0 heterocycles. The first-order valence-corrected chi connectivity index (χ1v) is 8.55. The van der Waals surface area contributed by atoms with E-state index in [-0.39, 0.29) is 0 Å². The van der Waals surface area contributed by atoms with E-state index in [4.69, 9.17) is 0 Å². The Morgan fingerprint density at radius 2 is 1.95 bits per heavy atom. The summed E-state index contributed by atoms with van der Waals surface area (Å²) < 4.78 is 1.18. The second-order valence-electron chi connectivity index (χ2n) is 6.59. The van der Waals surface area contributed by atoms with Gasteiger partial charge in [-0.05, 0) is 36.5 Å². The minimum absolute atomic E-state index is 0.519. The van der Waals surface area contributed by atoms with Crippen molar-refractivity contribution in [3.05, 3.63) is 28.2 Å². The van der Waals surface area contributed by atoms with E-state index in [1.54, 1.807) is 0 Å². The number of anilines is 1. The predicted molar refractivity (Wildman–Crippen MR) is 91.3 cm³/mol. The minimum Gasteiger partial charge on any atom is -0.368 e. The number of nitrogens with one attached hydrogen (secondary N) is 1.